The first-order valence-corrected chi connectivity index (χ1v) is 8.28. The SMILES string of the molecule is CCCNCc1ccc(OCCC2CCCCN2C)cn1. The Balaban J connectivity index is 1.68. The number of ether oxygens (including phenoxy) is 1. The van der Waals surface area contributed by atoms with Crippen molar-refractivity contribution in [3.8, 4) is 5.75 Å². The lowest BCUT2D eigenvalue weighted by Gasteiger charge is -2.32. The Morgan fingerprint density at radius 1 is 1.38 bits per heavy atom. The molecule has 0 radical (unpaired) electrons. The highest BCUT2D eigenvalue weighted by atomic mass is 16.5. The summed E-state index contributed by atoms with van der Waals surface area (Å²) in [7, 11) is 2.23. The zero-order valence-corrected chi connectivity index (χ0v) is 13.5. The molecular formula is C17H29N3O. The van der Waals surface area contributed by atoms with Gasteiger partial charge in [0, 0.05) is 12.6 Å². The maximum Gasteiger partial charge on any atom is 0.137 e. The van der Waals surface area contributed by atoms with Crippen LogP contribution >= 0.6 is 0 Å². The monoisotopic (exact) mass is 291 g/mol. The predicted octanol–water partition coefficient (Wildman–Crippen LogP) is 2.83. The molecule has 1 unspecified atom stereocenters. The van der Waals surface area contributed by atoms with Crippen LogP contribution in [-0.4, -0.2) is 42.7 Å². The standard InChI is InChI=1S/C17H29N3O/c1-3-10-18-13-15-7-8-17(14-19-15)21-12-9-16-6-4-5-11-20(16)2/h7-8,14,16,18H,3-6,9-13H2,1-2H3. The van der Waals surface area contributed by atoms with Gasteiger partial charge in [-0.15, -0.1) is 0 Å². The van der Waals surface area contributed by atoms with E-state index in [1.807, 2.05) is 18.3 Å². The molecule has 0 amide bonds. The fourth-order valence-electron chi connectivity index (χ4n) is 2.82. The second-order valence-corrected chi connectivity index (χ2v) is 5.93. The van der Waals surface area contributed by atoms with Crippen molar-refractivity contribution in [3.63, 3.8) is 0 Å². The van der Waals surface area contributed by atoms with Gasteiger partial charge in [0.1, 0.15) is 5.75 Å². The lowest BCUT2D eigenvalue weighted by atomic mass is 10.0. The Bertz CT molecular complexity index is 394. The molecule has 1 aromatic heterocycles. The van der Waals surface area contributed by atoms with Gasteiger partial charge in [0.05, 0.1) is 18.5 Å². The van der Waals surface area contributed by atoms with Gasteiger partial charge < -0.3 is 15.0 Å². The van der Waals surface area contributed by atoms with E-state index >= 15 is 0 Å². The first-order valence-electron chi connectivity index (χ1n) is 8.28. The fraction of sp³-hybridized carbons (Fsp3) is 0.706. The molecular weight excluding hydrogens is 262 g/mol. The summed E-state index contributed by atoms with van der Waals surface area (Å²) in [5.41, 5.74) is 1.07. The summed E-state index contributed by atoms with van der Waals surface area (Å²) < 4.78 is 5.83. The maximum atomic E-state index is 5.83. The molecule has 4 heteroatoms. The van der Waals surface area contributed by atoms with Crippen LogP contribution in [0.3, 0.4) is 0 Å². The molecule has 1 atom stereocenters. The second kappa shape index (κ2) is 9.00. The summed E-state index contributed by atoms with van der Waals surface area (Å²) >= 11 is 0. The Morgan fingerprint density at radius 3 is 3.00 bits per heavy atom. The highest BCUT2D eigenvalue weighted by molar-refractivity contribution is 5.19. The molecule has 4 nitrogen and oxygen atoms in total. The smallest absolute Gasteiger partial charge is 0.137 e. The van der Waals surface area contributed by atoms with E-state index in [0.29, 0.717) is 6.04 Å². The average molecular weight is 291 g/mol. The van der Waals surface area contributed by atoms with Crippen molar-refractivity contribution in [2.75, 3.05) is 26.7 Å². The first kappa shape index (κ1) is 16.2. The Morgan fingerprint density at radius 2 is 2.29 bits per heavy atom. The van der Waals surface area contributed by atoms with Gasteiger partial charge in [-0.1, -0.05) is 13.3 Å². The Hall–Kier alpha value is -1.13. The number of pyridine rings is 1. The molecule has 1 aliphatic rings. The van der Waals surface area contributed by atoms with Crippen molar-refractivity contribution >= 4 is 0 Å². The van der Waals surface area contributed by atoms with E-state index in [1.54, 1.807) is 0 Å². The Labute approximate surface area is 128 Å². The van der Waals surface area contributed by atoms with Gasteiger partial charge in [-0.2, -0.15) is 0 Å². The zero-order chi connectivity index (χ0) is 14.9. The van der Waals surface area contributed by atoms with Gasteiger partial charge in [-0.05, 0) is 58.0 Å². The molecule has 1 fully saturated rings. The molecule has 0 saturated carbocycles. The summed E-state index contributed by atoms with van der Waals surface area (Å²) in [6.45, 7) is 6.05. The molecule has 0 aromatic carbocycles. The molecule has 1 aromatic rings. The van der Waals surface area contributed by atoms with Crippen molar-refractivity contribution in [3.05, 3.63) is 24.0 Å². The van der Waals surface area contributed by atoms with E-state index < -0.39 is 0 Å². The van der Waals surface area contributed by atoms with Crippen LogP contribution in [-0.2, 0) is 6.54 Å². The molecule has 21 heavy (non-hydrogen) atoms. The number of nitrogens with zero attached hydrogens (tertiary/aromatic N) is 2. The number of rotatable bonds is 8. The Kier molecular flexibility index (Phi) is 6.96. The first-order chi connectivity index (χ1) is 10.3. The molecule has 1 N–H and O–H groups in total. The van der Waals surface area contributed by atoms with Crippen LogP contribution in [0.15, 0.2) is 18.3 Å². The van der Waals surface area contributed by atoms with Gasteiger partial charge in [0.25, 0.3) is 0 Å². The molecule has 0 spiro atoms. The average Bonchev–Trinajstić information content (AvgIpc) is 2.51. The van der Waals surface area contributed by atoms with Crippen molar-refractivity contribution in [2.24, 2.45) is 0 Å². The molecule has 0 aliphatic carbocycles. The zero-order valence-electron chi connectivity index (χ0n) is 13.5. The van der Waals surface area contributed by atoms with Crippen molar-refractivity contribution in [1.29, 1.82) is 0 Å². The number of piperidine rings is 1. The molecule has 2 rings (SSSR count). The normalized spacial score (nSPS) is 19.6. The van der Waals surface area contributed by atoms with E-state index in [1.165, 1.54) is 25.8 Å². The van der Waals surface area contributed by atoms with Crippen molar-refractivity contribution in [1.82, 2.24) is 15.2 Å². The lowest BCUT2D eigenvalue weighted by Crippen LogP contribution is -2.37. The third-order valence-electron chi connectivity index (χ3n) is 4.17. The lowest BCUT2D eigenvalue weighted by molar-refractivity contribution is 0.153. The predicted molar refractivity (Wildman–Crippen MR) is 86.6 cm³/mol. The van der Waals surface area contributed by atoms with Crippen molar-refractivity contribution in [2.45, 2.75) is 51.6 Å². The third-order valence-corrected chi connectivity index (χ3v) is 4.17. The number of aromatic nitrogens is 1. The molecule has 0 bridgehead atoms. The van der Waals surface area contributed by atoms with Gasteiger partial charge in [0.2, 0.25) is 0 Å². The van der Waals surface area contributed by atoms with E-state index in [2.05, 4.69) is 29.2 Å². The number of nitrogens with one attached hydrogen (secondary N) is 1. The quantitative estimate of drug-likeness (QED) is 0.747. The van der Waals surface area contributed by atoms with Gasteiger partial charge in [-0.25, -0.2) is 0 Å². The minimum atomic E-state index is 0.684. The van der Waals surface area contributed by atoms with E-state index in [-0.39, 0.29) is 0 Å². The summed E-state index contributed by atoms with van der Waals surface area (Å²) in [5.74, 6) is 0.882. The summed E-state index contributed by atoms with van der Waals surface area (Å²) in [6, 6.07) is 4.76. The second-order valence-electron chi connectivity index (χ2n) is 5.93. The summed E-state index contributed by atoms with van der Waals surface area (Å²) in [6.07, 6.45) is 8.10. The third kappa shape index (κ3) is 5.64. The number of likely N-dealkylation sites (tertiary alicyclic amines) is 1. The van der Waals surface area contributed by atoms with Crippen LogP contribution in [0.5, 0.6) is 5.75 Å². The topological polar surface area (TPSA) is 37.4 Å². The minimum absolute atomic E-state index is 0.684. The number of hydrogen-bond donors (Lipinski definition) is 1. The van der Waals surface area contributed by atoms with E-state index in [0.717, 1.165) is 44.0 Å². The largest absolute Gasteiger partial charge is 0.492 e. The summed E-state index contributed by atoms with van der Waals surface area (Å²) in [4.78, 5) is 6.90. The molecule has 1 aliphatic heterocycles. The van der Waals surface area contributed by atoms with Crippen LogP contribution in [0.25, 0.3) is 0 Å². The minimum Gasteiger partial charge on any atom is -0.492 e. The maximum absolute atomic E-state index is 5.83. The summed E-state index contributed by atoms with van der Waals surface area (Å²) in [5, 5.41) is 3.35. The van der Waals surface area contributed by atoms with E-state index in [4.69, 9.17) is 4.74 Å². The van der Waals surface area contributed by atoms with Gasteiger partial charge in [0.15, 0.2) is 0 Å². The van der Waals surface area contributed by atoms with Gasteiger partial charge >= 0.3 is 0 Å². The molecule has 118 valence electrons. The highest BCUT2D eigenvalue weighted by Gasteiger charge is 2.18. The number of hydrogen-bond acceptors (Lipinski definition) is 4. The highest BCUT2D eigenvalue weighted by Crippen LogP contribution is 2.18. The van der Waals surface area contributed by atoms with E-state index in [9.17, 15) is 0 Å². The molecule has 2 heterocycles. The van der Waals surface area contributed by atoms with Crippen LogP contribution in [0.2, 0.25) is 0 Å². The van der Waals surface area contributed by atoms with Gasteiger partial charge in [-0.3, -0.25) is 4.98 Å². The molecule has 1 saturated heterocycles. The van der Waals surface area contributed by atoms with Crippen molar-refractivity contribution < 1.29 is 4.74 Å². The van der Waals surface area contributed by atoms with Crippen LogP contribution in [0, 0.1) is 0 Å². The van der Waals surface area contributed by atoms with Crippen LogP contribution < -0.4 is 10.1 Å². The van der Waals surface area contributed by atoms with Crippen LogP contribution in [0.1, 0.15) is 44.7 Å². The fourth-order valence-corrected chi connectivity index (χ4v) is 2.82. The van der Waals surface area contributed by atoms with Crippen LogP contribution in [0.4, 0.5) is 0 Å².